The van der Waals surface area contributed by atoms with Gasteiger partial charge in [-0.25, -0.2) is 0 Å². The smallest absolute Gasteiger partial charge is 0.219 e. The summed E-state index contributed by atoms with van der Waals surface area (Å²) in [6, 6.07) is 7.33. The monoisotopic (exact) mass is 501 g/mol. The van der Waals surface area contributed by atoms with Crippen molar-refractivity contribution in [3.63, 3.8) is 0 Å². The zero-order chi connectivity index (χ0) is 23.1. The van der Waals surface area contributed by atoms with E-state index in [9.17, 15) is 0 Å². The lowest BCUT2D eigenvalue weighted by Gasteiger charge is -2.68. The highest BCUT2D eigenvalue weighted by molar-refractivity contribution is 8.22. The summed E-state index contributed by atoms with van der Waals surface area (Å²) in [5, 5.41) is 0. The quantitative estimate of drug-likeness (QED) is 0.561. The third-order valence-corrected chi connectivity index (χ3v) is 11.2. The van der Waals surface area contributed by atoms with E-state index in [-0.39, 0.29) is 22.9 Å². The Hall–Kier alpha value is -0.860. The molecule has 3 saturated carbocycles. The maximum Gasteiger partial charge on any atom is 0.219 e. The summed E-state index contributed by atoms with van der Waals surface area (Å²) in [6.45, 7) is 3.72. The highest BCUT2D eigenvalue weighted by Crippen LogP contribution is 2.72. The number of benzene rings is 1. The summed E-state index contributed by atoms with van der Waals surface area (Å²) < 4.78 is 26.0. The molecule has 7 rings (SSSR count). The fourth-order valence-corrected chi connectivity index (χ4v) is 9.04. The number of methoxy groups -OCH3 is 1. The van der Waals surface area contributed by atoms with Gasteiger partial charge in [-0.1, -0.05) is 17.8 Å². The van der Waals surface area contributed by atoms with Gasteiger partial charge in [0.05, 0.1) is 26.2 Å². The first-order valence-electron chi connectivity index (χ1n) is 13.0. The van der Waals surface area contributed by atoms with Gasteiger partial charge in [-0.3, -0.25) is 4.90 Å². The van der Waals surface area contributed by atoms with Crippen molar-refractivity contribution in [2.75, 3.05) is 39.7 Å². The van der Waals surface area contributed by atoms with E-state index in [1.807, 2.05) is 6.26 Å². The molecule has 2 heterocycles. The highest BCUT2D eigenvalue weighted by atomic mass is 32.2. The number of thioether (sulfide) groups is 1. The molecule has 5 nitrogen and oxygen atoms in total. The van der Waals surface area contributed by atoms with E-state index < -0.39 is 5.79 Å². The first-order chi connectivity index (χ1) is 16.5. The van der Waals surface area contributed by atoms with Gasteiger partial charge in [0.2, 0.25) is 4.38 Å². The Kier molecular flexibility index (Phi) is 5.14. The molecule has 2 bridgehead atoms. The molecular weight excluding hydrogens is 466 g/mol. The molecule has 0 amide bonds. The average molecular weight is 502 g/mol. The molecule has 34 heavy (non-hydrogen) atoms. The third-order valence-electron chi connectivity index (χ3n) is 10.2. The molecule has 6 aliphatic rings. The first-order valence-corrected chi connectivity index (χ1v) is 14.6. The normalized spacial score (nSPS) is 39.5. The van der Waals surface area contributed by atoms with Crippen LogP contribution in [0.15, 0.2) is 18.2 Å². The summed E-state index contributed by atoms with van der Waals surface area (Å²) >= 11 is 7.11. The Balaban J connectivity index is 1.37. The maximum atomic E-state index is 6.58. The van der Waals surface area contributed by atoms with Crippen molar-refractivity contribution in [2.45, 2.75) is 68.3 Å². The van der Waals surface area contributed by atoms with Crippen LogP contribution in [0.25, 0.3) is 0 Å². The van der Waals surface area contributed by atoms with E-state index in [0.29, 0.717) is 23.6 Å². The topological polar surface area (TPSA) is 40.2 Å². The minimum atomic E-state index is -0.573. The summed E-state index contributed by atoms with van der Waals surface area (Å²) in [6.07, 6.45) is 10.2. The molecule has 4 aliphatic carbocycles. The molecule has 2 aliphatic heterocycles. The lowest BCUT2D eigenvalue weighted by molar-refractivity contribution is -0.297. The predicted octanol–water partition coefficient (Wildman–Crippen LogP) is 4.55. The van der Waals surface area contributed by atoms with Gasteiger partial charge in [0.25, 0.3) is 0 Å². The van der Waals surface area contributed by atoms with Crippen LogP contribution in [-0.2, 0) is 26.0 Å². The number of hydrogen-bond donors (Lipinski definition) is 0. The molecule has 1 aromatic rings. The van der Waals surface area contributed by atoms with Crippen LogP contribution in [-0.4, -0.2) is 66.9 Å². The van der Waals surface area contributed by atoms with Crippen molar-refractivity contribution in [1.29, 1.82) is 0 Å². The molecule has 0 radical (unpaired) electrons. The third kappa shape index (κ3) is 3.00. The van der Waals surface area contributed by atoms with Crippen molar-refractivity contribution < 1.29 is 18.9 Å². The molecule has 1 aromatic carbocycles. The van der Waals surface area contributed by atoms with Crippen molar-refractivity contribution in [3.8, 4) is 5.75 Å². The zero-order valence-corrected chi connectivity index (χ0v) is 21.8. The predicted molar refractivity (Wildman–Crippen MR) is 136 cm³/mol. The fraction of sp³-hybridized carbons (Fsp3) is 0.741. The van der Waals surface area contributed by atoms with E-state index in [0.717, 1.165) is 43.9 Å². The number of rotatable bonds is 4. The van der Waals surface area contributed by atoms with Crippen LogP contribution in [0.3, 0.4) is 0 Å². The lowest BCUT2D eigenvalue weighted by Crippen LogP contribution is -2.74. The van der Waals surface area contributed by atoms with Gasteiger partial charge >= 0.3 is 0 Å². The Morgan fingerprint density at radius 3 is 2.82 bits per heavy atom. The first kappa shape index (κ1) is 22.3. The molecular formula is C27H35NO4S2. The average Bonchev–Trinajstić information content (AvgIpc) is 3.47. The summed E-state index contributed by atoms with van der Waals surface area (Å²) in [7, 11) is 1.78. The van der Waals surface area contributed by atoms with Crippen LogP contribution in [0.4, 0.5) is 0 Å². The Bertz CT molecular complexity index is 1010. The maximum absolute atomic E-state index is 6.58. The van der Waals surface area contributed by atoms with Crippen molar-refractivity contribution >= 4 is 28.4 Å². The number of likely N-dealkylation sites (tertiary alicyclic amines) is 1. The van der Waals surface area contributed by atoms with Crippen molar-refractivity contribution in [3.05, 3.63) is 29.3 Å². The number of piperidine rings is 1. The van der Waals surface area contributed by atoms with Crippen molar-refractivity contribution in [1.82, 2.24) is 4.90 Å². The Labute approximate surface area is 212 Å². The second-order valence-electron chi connectivity index (χ2n) is 11.5. The zero-order valence-electron chi connectivity index (χ0n) is 20.2. The van der Waals surface area contributed by atoms with Gasteiger partial charge in [0.1, 0.15) is 11.9 Å². The molecule has 7 heteroatoms. The van der Waals surface area contributed by atoms with Crippen LogP contribution in [0.2, 0.25) is 0 Å². The molecule has 5 atom stereocenters. The van der Waals surface area contributed by atoms with E-state index in [1.54, 1.807) is 7.11 Å². The largest absolute Gasteiger partial charge is 0.497 e. The molecule has 2 spiro atoms. The molecule has 0 unspecified atom stereocenters. The minimum absolute atomic E-state index is 0.0460. The van der Waals surface area contributed by atoms with Gasteiger partial charge in [0, 0.05) is 36.3 Å². The Morgan fingerprint density at radius 2 is 2.09 bits per heavy atom. The van der Waals surface area contributed by atoms with Crippen LogP contribution in [0.5, 0.6) is 5.75 Å². The highest BCUT2D eigenvalue weighted by Gasteiger charge is 2.75. The molecule has 2 saturated heterocycles. The van der Waals surface area contributed by atoms with Gasteiger partial charge in [-0.15, -0.1) is 0 Å². The van der Waals surface area contributed by atoms with E-state index in [1.165, 1.54) is 48.7 Å². The van der Waals surface area contributed by atoms with Crippen LogP contribution in [0.1, 0.15) is 49.7 Å². The van der Waals surface area contributed by atoms with E-state index in [2.05, 4.69) is 23.1 Å². The molecule has 184 valence electrons. The summed E-state index contributed by atoms with van der Waals surface area (Å²) in [4.78, 5) is 2.85. The number of ether oxygens (including phenoxy) is 4. The number of nitrogens with zero attached hydrogens (tertiary/aromatic N) is 1. The molecule has 0 N–H and O–H groups in total. The van der Waals surface area contributed by atoms with Crippen molar-refractivity contribution in [2.24, 2.45) is 17.3 Å². The second-order valence-corrected chi connectivity index (χ2v) is 12.9. The van der Waals surface area contributed by atoms with Crippen LogP contribution < -0.4 is 4.74 Å². The summed E-state index contributed by atoms with van der Waals surface area (Å²) in [5.41, 5.74) is 3.26. The lowest BCUT2D eigenvalue weighted by atomic mass is 9.43. The summed E-state index contributed by atoms with van der Waals surface area (Å²) in [5.74, 6) is 1.49. The van der Waals surface area contributed by atoms with Gasteiger partial charge in [0.15, 0.2) is 5.79 Å². The van der Waals surface area contributed by atoms with Gasteiger partial charge in [-0.05, 0) is 86.3 Å². The number of hydrogen-bond acceptors (Lipinski definition) is 7. The minimum Gasteiger partial charge on any atom is -0.497 e. The van der Waals surface area contributed by atoms with Crippen LogP contribution >= 0.6 is 24.0 Å². The second kappa shape index (κ2) is 7.82. The van der Waals surface area contributed by atoms with Gasteiger partial charge in [-0.2, -0.15) is 0 Å². The number of thiocarbonyl (C=S) groups is 1. The van der Waals surface area contributed by atoms with Gasteiger partial charge < -0.3 is 18.9 Å². The van der Waals surface area contributed by atoms with E-state index >= 15 is 0 Å². The molecule has 5 fully saturated rings. The number of fused-ring (bicyclic) bond motifs is 3. The standard InChI is InChI=1S/C27H35NO4S2/c1-29-19-6-5-18-13-26-14-21-22(32-24(33)34-2)12-23(26)28(15-17-3-4-17)8-7-25(26,20(18)11-19)16-27(21)30-9-10-31-27/h5-6,11,17,21-23H,3-4,7-10,12-16H2,1-2H3/t21-,22+,23-,25-,26-/m1/s1. The van der Waals surface area contributed by atoms with E-state index in [4.69, 9.17) is 31.2 Å². The van der Waals surface area contributed by atoms with Crippen LogP contribution in [0, 0.1) is 17.3 Å². The SMILES string of the molecule is COc1ccc2c(c1)[C@]13CCN(CC4CC4)[C@@H]4C[C@H](OC(=S)SC)[C@@H](C[C@]41C2)C1(C3)OCCO1. The molecule has 0 aromatic heterocycles. The Morgan fingerprint density at radius 1 is 1.26 bits per heavy atom. The fourth-order valence-electron chi connectivity index (χ4n) is 8.70.